The van der Waals surface area contributed by atoms with E-state index in [0.717, 1.165) is 143 Å². The van der Waals surface area contributed by atoms with Gasteiger partial charge in [-0.2, -0.15) is 0 Å². The Labute approximate surface area is 847 Å². The van der Waals surface area contributed by atoms with Gasteiger partial charge in [-0.3, -0.25) is 33.6 Å². The molecule has 0 saturated carbocycles. The second-order valence-electron chi connectivity index (χ2n) is 36.6. The number of hydrogen-bond acceptors (Lipinski definition) is 26. The van der Waals surface area contributed by atoms with Crippen LogP contribution in [0, 0.1) is 66.2 Å². The molecule has 139 heavy (non-hydrogen) atoms. The maximum Gasteiger partial charge on any atom is 1.00 e. The van der Waals surface area contributed by atoms with Gasteiger partial charge in [0.2, 0.25) is 35.4 Å². The van der Waals surface area contributed by atoms with E-state index in [4.69, 9.17) is 32.7 Å². The van der Waals surface area contributed by atoms with Crippen molar-refractivity contribution in [2.45, 2.75) is 179 Å². The third-order valence-electron chi connectivity index (χ3n) is 24.3. The number of thiazole rings is 2. The molecule has 8 heterocycles. The SMILES string of the molecule is CC(=O)O[C@@H]1C[C@@H](C(=O)N[C@@H](C)c2ccc(-c3scnc3C)cc2)N(C(=O)[C@@H](NC(=O)COCCOCCN(c2ccc(-n3ccnc3)c(Br)c2)c2cc(-c3c(C)noc3C)ccc2C)C(C)(C)C)C1.Cc1ccc(-c2c(C)noc2C)cc1N(CCOCCOCC(=O)N[C@H](C(=O)N1C[C@H](O)C[C@H]1C(=O)N[C@@H](C)c1ccc(-c2scnc2C)cc1)C(C)(C)C)c1ccc(-n2ccnc2)c(Br)c1.[Li+].[OH-]. The van der Waals surface area contributed by atoms with Crippen LogP contribution in [0.1, 0.15) is 144 Å². The quantitative estimate of drug-likeness (QED) is 0.0137. The first kappa shape index (κ1) is 108. The summed E-state index contributed by atoms with van der Waals surface area (Å²) in [6.45, 7) is 33.6. The molecule has 0 spiro atoms. The van der Waals surface area contributed by atoms with Crippen molar-refractivity contribution in [1.29, 1.82) is 0 Å². The number of amides is 6. The molecule has 2 aliphatic rings. The first-order valence-corrected chi connectivity index (χ1v) is 48.9. The number of anilines is 4. The van der Waals surface area contributed by atoms with Gasteiger partial charge in [0.1, 0.15) is 55.0 Å². The molecule has 732 valence electrons. The van der Waals surface area contributed by atoms with Crippen molar-refractivity contribution in [1.82, 2.24) is 70.5 Å². The number of likely N-dealkylation sites (tertiary alicyclic amines) is 2. The predicted octanol–water partition coefficient (Wildman–Crippen LogP) is 13.8. The summed E-state index contributed by atoms with van der Waals surface area (Å²) in [5.41, 5.74) is 21.4. The van der Waals surface area contributed by atoms with Gasteiger partial charge < -0.3 is 93.3 Å². The number of hydrogen-bond donors (Lipinski definition) is 5. The maximum absolute atomic E-state index is 14.4. The normalized spacial score (nSPS) is 15.6. The minimum atomic E-state index is -1.02. The Morgan fingerprint density at radius 1 is 0.511 bits per heavy atom. The Morgan fingerprint density at radius 3 is 1.27 bits per heavy atom. The van der Waals surface area contributed by atoms with Crippen molar-refractivity contribution in [2.24, 2.45) is 10.8 Å². The van der Waals surface area contributed by atoms with Crippen molar-refractivity contribution in [3.63, 3.8) is 0 Å². The summed E-state index contributed by atoms with van der Waals surface area (Å²) in [7, 11) is 0. The number of benzene rings is 6. The Hall–Kier alpha value is -11.4. The van der Waals surface area contributed by atoms with Gasteiger partial charge in [0.25, 0.3) is 0 Å². The largest absolute Gasteiger partial charge is 1.00 e. The number of carbonyl (C=O) groups excluding carboxylic acids is 7. The molecular weight excluding hydrogens is 1940 g/mol. The van der Waals surface area contributed by atoms with Gasteiger partial charge in [0, 0.05) is 107 Å². The summed E-state index contributed by atoms with van der Waals surface area (Å²) >= 11 is 10.7. The van der Waals surface area contributed by atoms with Crippen molar-refractivity contribution in [2.75, 3.05) is 88.8 Å². The number of esters is 1. The second kappa shape index (κ2) is 48.7. The smallest absolute Gasteiger partial charge is 0.870 e. The summed E-state index contributed by atoms with van der Waals surface area (Å²) < 4.78 is 45.9. The minimum Gasteiger partial charge on any atom is -0.870 e. The number of halogens is 2. The molecule has 2 fully saturated rings. The predicted molar refractivity (Wildman–Crippen MR) is 536 cm³/mol. The number of nitrogens with one attached hydrogen (secondary N) is 4. The van der Waals surface area contributed by atoms with E-state index in [1.54, 1.807) is 47.7 Å². The second-order valence-corrected chi connectivity index (χ2v) is 40.0. The van der Waals surface area contributed by atoms with E-state index in [1.165, 1.54) is 16.7 Å². The molecule has 6 aromatic heterocycles. The van der Waals surface area contributed by atoms with E-state index in [0.29, 0.717) is 26.3 Å². The molecule has 2 aliphatic heterocycles. The number of aliphatic hydroxyl groups excluding tert-OH is 1. The van der Waals surface area contributed by atoms with E-state index >= 15 is 0 Å². The molecule has 14 rings (SSSR count). The van der Waals surface area contributed by atoms with Crippen molar-refractivity contribution in [3.8, 4) is 54.5 Å². The molecule has 0 aliphatic carbocycles. The zero-order valence-corrected chi connectivity index (χ0v) is 86.5. The van der Waals surface area contributed by atoms with E-state index in [1.807, 2.05) is 190 Å². The molecule has 12 aromatic rings. The number of aryl methyl sites for hydroxylation is 8. The van der Waals surface area contributed by atoms with Gasteiger partial charge in [-0.05, 0) is 205 Å². The third-order valence-corrected chi connectivity index (χ3v) is 27.5. The molecule has 6 N–H and O–H groups in total. The molecule has 8 atom stereocenters. The van der Waals surface area contributed by atoms with Gasteiger partial charge in [0.05, 0.1) is 132 Å². The van der Waals surface area contributed by atoms with Crippen LogP contribution in [0.15, 0.2) is 188 Å². The minimum absolute atomic E-state index is 0. The molecule has 37 heteroatoms. The number of imidazole rings is 2. The van der Waals surface area contributed by atoms with E-state index < -0.39 is 76.8 Å². The van der Waals surface area contributed by atoms with Crippen molar-refractivity contribution in [3.05, 3.63) is 235 Å². The zero-order chi connectivity index (χ0) is 98.3. The van der Waals surface area contributed by atoms with Crippen LogP contribution in [0.3, 0.4) is 0 Å². The van der Waals surface area contributed by atoms with Gasteiger partial charge in [-0.1, -0.05) is 125 Å². The summed E-state index contributed by atoms with van der Waals surface area (Å²) in [4.78, 5) is 122. The number of rotatable bonds is 37. The summed E-state index contributed by atoms with van der Waals surface area (Å²) in [5.74, 6) is -1.68. The fraction of sp³-hybridized carbons (Fsp3) is 0.402. The Kier molecular flexibility index (Phi) is 37.8. The van der Waals surface area contributed by atoms with Crippen LogP contribution < -0.4 is 49.9 Å². The number of β-amino-alcohol motifs (C(OH)–C–C–N with tert-alkyl or cyclic N) is 1. The molecule has 6 amide bonds. The number of aromatic nitrogens is 8. The molecule has 0 bridgehead atoms. The van der Waals surface area contributed by atoms with Crippen LogP contribution >= 0.6 is 54.5 Å². The number of carbonyl (C=O) groups is 7. The van der Waals surface area contributed by atoms with E-state index in [2.05, 4.69) is 168 Å². The van der Waals surface area contributed by atoms with E-state index in [-0.39, 0.29) is 114 Å². The van der Waals surface area contributed by atoms with Crippen LogP contribution in [-0.4, -0.2) is 217 Å². The zero-order valence-electron chi connectivity index (χ0n) is 81.7. The summed E-state index contributed by atoms with van der Waals surface area (Å²) in [5, 5.41) is 30.9. The Morgan fingerprint density at radius 2 is 0.906 bits per heavy atom. The molecular formula is C102H121Br2LiN16O16S2. The van der Waals surface area contributed by atoms with Crippen LogP contribution in [0.2, 0.25) is 0 Å². The monoisotopic (exact) mass is 2050 g/mol. The van der Waals surface area contributed by atoms with Crippen LogP contribution in [0.25, 0.3) is 54.5 Å². The Balaban J connectivity index is 0.000000263. The number of ether oxygens (including phenoxy) is 5. The van der Waals surface area contributed by atoms with Crippen LogP contribution in [0.4, 0.5) is 22.7 Å². The number of nitrogens with zero attached hydrogens (tertiary/aromatic N) is 12. The topological polar surface area (TPSA) is 390 Å². The molecule has 0 radical (unpaired) electrons. The first-order valence-electron chi connectivity index (χ1n) is 45.6. The fourth-order valence-electron chi connectivity index (χ4n) is 17.0. The summed E-state index contributed by atoms with van der Waals surface area (Å²) in [6, 6.07) is 36.2. The van der Waals surface area contributed by atoms with Crippen molar-refractivity contribution < 1.29 is 95.7 Å². The maximum atomic E-state index is 14.4. The number of aliphatic hydroxyl groups is 1. The van der Waals surface area contributed by atoms with Crippen molar-refractivity contribution >= 4 is 119 Å². The third kappa shape index (κ3) is 27.3. The van der Waals surface area contributed by atoms with Crippen LogP contribution in [-0.2, 0) is 57.2 Å². The standard InChI is InChI=1S/C52H61BrN8O8S.C50H59BrN8O7S.Li.H2O/c1-31-10-11-39(47-33(3)58-69-35(47)5)24-44(31)60(40-16-17-43(42(53)25-40)59-19-18-54-29-59)20-21-66-22-23-67-28-46(63)57-49(52(7,8)9)51(65)61-27-41(68-36(6)62)26-45(61)50(64)56-32(2)37-12-14-38(15-13-37)48-34(4)55-30-70-48;1-30-9-10-37(45-32(3)56-66-34(45)5)23-42(30)58(38-15-16-41(40(51)24-38)57-18-17-52-28-57)19-20-64-21-22-65-27-44(61)55-47(50(6,7)8)49(63)59-26-39(60)25-43(59)48(62)54-31(2)35-11-13-36(14-12-35)46-33(4)53-29-67-46;;/h10-19,24-25,29-30,32,41,45,49H,20-23,26-28H2,1-9H3,(H,56,64)(H,57,63);9-18,23-24,28-29,31,39,43,47,60H,19-22,25-27H2,1-8H3,(H,54,62)(H,55,61);;1H2/q;;+1;/p-1/t32-,41+,45-,49+;31-,39+,43-,47+;;/m00../s1. The first-order chi connectivity index (χ1) is 65.4. The Bertz CT molecular complexity index is 6160. The van der Waals surface area contributed by atoms with E-state index in [9.17, 15) is 38.7 Å². The molecule has 32 nitrogen and oxygen atoms in total. The molecule has 2 saturated heterocycles. The molecule has 0 unspecified atom stereocenters. The van der Waals surface area contributed by atoms with Gasteiger partial charge in [-0.15, -0.1) is 22.7 Å². The average Bonchev–Trinajstić information content (AvgIpc) is 1.80. The van der Waals surface area contributed by atoms with Gasteiger partial charge in [0.15, 0.2) is 0 Å². The summed E-state index contributed by atoms with van der Waals surface area (Å²) in [6.07, 6.45) is 9.38. The fourth-order valence-corrected chi connectivity index (χ4v) is 19.8. The van der Waals surface area contributed by atoms with Crippen LogP contribution in [0.5, 0.6) is 0 Å². The molecule has 6 aromatic carbocycles. The van der Waals surface area contributed by atoms with Gasteiger partial charge >= 0.3 is 24.8 Å². The average molecular weight is 2060 g/mol. The van der Waals surface area contributed by atoms with Gasteiger partial charge in [-0.25, -0.2) is 19.9 Å².